The molecule has 8 nitrogen and oxygen atoms in total. The average molecular weight is 671 g/mol. The number of rotatable bonds is 18. The van der Waals surface area contributed by atoms with Crippen molar-refractivity contribution >= 4 is 17.3 Å². The molecular weight excluding hydrogens is 624 g/mol. The third-order valence-electron chi connectivity index (χ3n) is 8.64. The maximum Gasteiger partial charge on any atom is 0.573 e. The molecule has 48 heavy (non-hydrogen) atoms. The summed E-state index contributed by atoms with van der Waals surface area (Å²) in [5.74, 6) is 0.0102. The lowest BCUT2D eigenvalue weighted by atomic mass is 9.74. The number of hydrogen-bond donors (Lipinski definition) is 2. The van der Waals surface area contributed by atoms with Crippen LogP contribution in [0.15, 0.2) is 77.0 Å². The van der Waals surface area contributed by atoms with E-state index in [1.54, 1.807) is 12.1 Å². The van der Waals surface area contributed by atoms with Crippen LogP contribution in [0.2, 0.25) is 0 Å². The van der Waals surface area contributed by atoms with Crippen molar-refractivity contribution in [3.8, 4) is 5.75 Å². The van der Waals surface area contributed by atoms with E-state index in [2.05, 4.69) is 32.2 Å². The van der Waals surface area contributed by atoms with Crippen molar-refractivity contribution in [2.75, 3.05) is 13.1 Å². The molecule has 260 valence electrons. The van der Waals surface area contributed by atoms with Gasteiger partial charge in [-0.1, -0.05) is 77.8 Å². The molecule has 0 aromatic heterocycles. The number of hydrogen-bond acceptors (Lipinski definition) is 4. The molecule has 0 aliphatic heterocycles. The van der Waals surface area contributed by atoms with Crippen LogP contribution < -0.4 is 15.5 Å². The van der Waals surface area contributed by atoms with Crippen molar-refractivity contribution in [2.45, 2.75) is 78.8 Å². The Morgan fingerprint density at radius 1 is 1.10 bits per heavy atom. The normalized spacial score (nSPS) is 15.9. The van der Waals surface area contributed by atoms with Crippen molar-refractivity contribution in [2.24, 2.45) is 33.9 Å². The Bertz CT molecular complexity index is 1460. The smallest absolute Gasteiger partial charge is 0.406 e. The van der Waals surface area contributed by atoms with Crippen LogP contribution in [-0.2, 0) is 4.79 Å². The van der Waals surface area contributed by atoms with E-state index in [1.807, 2.05) is 39.8 Å². The number of benzene rings is 2. The van der Waals surface area contributed by atoms with Crippen LogP contribution in [0.3, 0.4) is 0 Å². The topological polar surface area (TPSA) is 111 Å². The van der Waals surface area contributed by atoms with Crippen LogP contribution >= 0.6 is 0 Å². The third kappa shape index (κ3) is 12.0. The van der Waals surface area contributed by atoms with E-state index in [0.29, 0.717) is 54.4 Å². The molecule has 1 saturated carbocycles. The van der Waals surface area contributed by atoms with Gasteiger partial charge in [0.05, 0.1) is 18.0 Å². The van der Waals surface area contributed by atoms with Gasteiger partial charge in [0.2, 0.25) is 0 Å². The van der Waals surface area contributed by atoms with Crippen molar-refractivity contribution in [3.05, 3.63) is 93.9 Å². The Kier molecular flexibility index (Phi) is 14.5. The summed E-state index contributed by atoms with van der Waals surface area (Å²) in [5.41, 5.74) is 14.1. The predicted octanol–water partition coefficient (Wildman–Crippen LogP) is 9.81. The van der Waals surface area contributed by atoms with Crippen LogP contribution in [0.1, 0.15) is 89.1 Å². The lowest BCUT2D eigenvalue weighted by molar-refractivity contribution is -0.274. The number of azide groups is 1. The zero-order valence-corrected chi connectivity index (χ0v) is 28.1. The van der Waals surface area contributed by atoms with E-state index < -0.39 is 18.4 Å². The molecule has 3 rings (SSSR count). The molecule has 1 amide bonds. The molecule has 1 aliphatic carbocycles. The first-order valence-electron chi connectivity index (χ1n) is 16.5. The highest BCUT2D eigenvalue weighted by atomic mass is 19.4. The molecule has 2 aromatic rings. The number of halogens is 4. The molecule has 0 heterocycles. The number of nitrogens with zero attached hydrogens (tertiary/aromatic N) is 4. The summed E-state index contributed by atoms with van der Waals surface area (Å²) in [6.45, 7) is 12.8. The fraction of sp³-hybridized carbons (Fsp3) is 0.500. The molecule has 2 aromatic carbocycles. The second kappa shape index (κ2) is 18.3. The molecule has 1 fully saturated rings. The molecule has 0 bridgehead atoms. The Labute approximate surface area is 280 Å². The molecule has 3 atom stereocenters. The molecule has 0 saturated heterocycles. The lowest BCUT2D eigenvalue weighted by Gasteiger charge is -2.33. The van der Waals surface area contributed by atoms with Gasteiger partial charge in [0.1, 0.15) is 11.9 Å². The number of amides is 1. The summed E-state index contributed by atoms with van der Waals surface area (Å²) < 4.78 is 57.4. The number of carbonyl (C=O) groups excluding carboxylic acids is 1. The monoisotopic (exact) mass is 670 g/mol. The highest BCUT2D eigenvalue weighted by Crippen LogP contribution is 2.35. The molecule has 2 N–H and O–H groups in total. The van der Waals surface area contributed by atoms with E-state index in [4.69, 9.17) is 10.5 Å². The molecule has 12 heteroatoms. The lowest BCUT2D eigenvalue weighted by Crippen LogP contribution is -2.36. The molecule has 0 spiro atoms. The van der Waals surface area contributed by atoms with E-state index in [9.17, 15) is 22.4 Å². The third-order valence-corrected chi connectivity index (χ3v) is 8.64. The fourth-order valence-electron chi connectivity index (χ4n) is 5.52. The summed E-state index contributed by atoms with van der Waals surface area (Å²) in [4.78, 5) is 21.0. The van der Waals surface area contributed by atoms with E-state index in [1.165, 1.54) is 30.3 Å². The predicted molar refractivity (Wildman–Crippen MR) is 182 cm³/mol. The van der Waals surface area contributed by atoms with Gasteiger partial charge in [0.15, 0.2) is 0 Å². The average Bonchev–Trinajstić information content (AvgIpc) is 3.01. The van der Waals surface area contributed by atoms with Gasteiger partial charge >= 0.3 is 6.36 Å². The molecule has 1 aliphatic rings. The van der Waals surface area contributed by atoms with Crippen LogP contribution in [0.25, 0.3) is 16.1 Å². The van der Waals surface area contributed by atoms with Crippen LogP contribution in [0.4, 0.5) is 17.6 Å². The summed E-state index contributed by atoms with van der Waals surface area (Å²) in [5, 5.41) is 6.34. The first-order valence-corrected chi connectivity index (χ1v) is 16.5. The first kappa shape index (κ1) is 38.1. The minimum absolute atomic E-state index is 0.0479. The SMILES string of the molecule is C=C(/C=C(\N=C(\c1ccc(C(F)CC(C)C)cc1)C(C)CC)c1ccc(OC(F)(F)F)cc1)C(=O)NCC(CCNN=[N+]=[N-])C1CCC1. The van der Waals surface area contributed by atoms with Crippen molar-refractivity contribution in [1.29, 1.82) is 0 Å². The van der Waals surface area contributed by atoms with Gasteiger partial charge in [-0.2, -0.15) is 4.91 Å². The Morgan fingerprint density at radius 3 is 2.29 bits per heavy atom. The van der Waals surface area contributed by atoms with Gasteiger partial charge in [0, 0.05) is 17.7 Å². The molecule has 0 radical (unpaired) electrons. The minimum atomic E-state index is -4.84. The van der Waals surface area contributed by atoms with Crippen LogP contribution in [-0.4, -0.2) is 31.1 Å². The standard InChI is InChI=1S/C36H46F4N6O2/c1-6-24(4)34(29-12-10-27(11-13-29)32(37)20-23(2)3)44-33(28-14-16-31(17-15-28)48-36(38,39)40)21-25(5)35(47)42-22-30(26-8-7-9-26)18-19-43-46-45-41/h10-17,21,23-24,26,30,32,43H,5-9,18-20,22H2,1-4H3,(H,42,47)/b33-21-,44-34+. The summed E-state index contributed by atoms with van der Waals surface area (Å²) >= 11 is 0. The van der Waals surface area contributed by atoms with Gasteiger partial charge < -0.3 is 10.1 Å². The van der Waals surface area contributed by atoms with E-state index >= 15 is 0 Å². The first-order chi connectivity index (χ1) is 22.8. The number of aliphatic imine (C=N–C) groups is 1. The zero-order chi connectivity index (χ0) is 35.3. The molecule has 3 unspecified atom stereocenters. The number of ether oxygens (including phenoxy) is 1. The summed E-state index contributed by atoms with van der Waals surface area (Å²) in [6.07, 6.45) is 0.705. The van der Waals surface area contributed by atoms with E-state index in [0.717, 1.165) is 31.2 Å². The Balaban J connectivity index is 1.94. The maximum absolute atomic E-state index is 14.8. The number of carbonyl (C=O) groups is 1. The minimum Gasteiger partial charge on any atom is -0.406 e. The highest BCUT2D eigenvalue weighted by Gasteiger charge is 2.31. The Hall–Kier alpha value is -4.31. The van der Waals surface area contributed by atoms with Gasteiger partial charge in [-0.25, -0.2) is 4.39 Å². The molecular formula is C36H46F4N6O2. The van der Waals surface area contributed by atoms with Crippen molar-refractivity contribution in [3.63, 3.8) is 0 Å². The van der Waals surface area contributed by atoms with Gasteiger partial charge in [-0.3, -0.25) is 15.2 Å². The summed E-state index contributed by atoms with van der Waals surface area (Å²) in [7, 11) is 0. The Morgan fingerprint density at radius 2 is 1.75 bits per heavy atom. The zero-order valence-electron chi connectivity index (χ0n) is 28.1. The van der Waals surface area contributed by atoms with Crippen molar-refractivity contribution in [1.82, 2.24) is 10.7 Å². The number of nitrogens with one attached hydrogen (secondary N) is 2. The second-order valence-corrected chi connectivity index (χ2v) is 12.7. The largest absolute Gasteiger partial charge is 0.573 e. The summed E-state index contributed by atoms with van der Waals surface area (Å²) in [6, 6.07) is 12.4. The van der Waals surface area contributed by atoms with Crippen LogP contribution in [0.5, 0.6) is 5.75 Å². The van der Waals surface area contributed by atoms with Gasteiger partial charge in [0.25, 0.3) is 5.91 Å². The van der Waals surface area contributed by atoms with Gasteiger partial charge in [-0.15, -0.1) is 18.7 Å². The maximum atomic E-state index is 14.8. The van der Waals surface area contributed by atoms with Crippen molar-refractivity contribution < 1.29 is 27.1 Å². The second-order valence-electron chi connectivity index (χ2n) is 12.7. The fourth-order valence-corrected chi connectivity index (χ4v) is 5.52. The highest BCUT2D eigenvalue weighted by molar-refractivity contribution is 6.05. The van der Waals surface area contributed by atoms with Gasteiger partial charge in [-0.05, 0) is 89.6 Å². The number of alkyl halides is 4. The van der Waals surface area contributed by atoms with E-state index in [-0.39, 0.29) is 29.1 Å². The quantitative estimate of drug-likeness (QED) is 0.0190. The van der Waals surface area contributed by atoms with Crippen LogP contribution in [0, 0.1) is 23.7 Å².